The summed E-state index contributed by atoms with van der Waals surface area (Å²) in [6, 6.07) is 8.68. The van der Waals surface area contributed by atoms with Crippen molar-refractivity contribution in [2.24, 2.45) is 5.73 Å². The molecule has 0 radical (unpaired) electrons. The number of hydrogen-bond acceptors (Lipinski definition) is 2. The van der Waals surface area contributed by atoms with Crippen LogP contribution in [0, 0.1) is 6.92 Å². The maximum Gasteiger partial charge on any atom is 0.220 e. The van der Waals surface area contributed by atoms with Gasteiger partial charge in [0.2, 0.25) is 5.91 Å². The first kappa shape index (κ1) is 14.1. The maximum absolute atomic E-state index is 11.9. The zero-order valence-electron chi connectivity index (χ0n) is 11.7. The SMILES string of the molecule is Cc1ccc(CCC(=O)N[C@@H]2CCCC[C@H]2N)cc1. The summed E-state index contributed by atoms with van der Waals surface area (Å²) in [6.45, 7) is 2.07. The Labute approximate surface area is 115 Å². The zero-order valence-corrected chi connectivity index (χ0v) is 11.7. The van der Waals surface area contributed by atoms with Gasteiger partial charge < -0.3 is 11.1 Å². The molecule has 0 aliphatic heterocycles. The predicted octanol–water partition coefficient (Wildman–Crippen LogP) is 2.31. The molecule has 0 saturated heterocycles. The van der Waals surface area contributed by atoms with Crippen LogP contribution in [0.5, 0.6) is 0 Å². The molecule has 19 heavy (non-hydrogen) atoms. The molecule has 2 rings (SSSR count). The van der Waals surface area contributed by atoms with Crippen LogP contribution >= 0.6 is 0 Å². The van der Waals surface area contributed by atoms with Crippen molar-refractivity contribution in [3.8, 4) is 0 Å². The van der Waals surface area contributed by atoms with Crippen molar-refractivity contribution in [2.75, 3.05) is 0 Å². The van der Waals surface area contributed by atoms with E-state index in [0.717, 1.165) is 19.3 Å². The summed E-state index contributed by atoms with van der Waals surface area (Å²) in [5, 5.41) is 3.09. The lowest BCUT2D eigenvalue weighted by Gasteiger charge is -2.29. The molecule has 2 atom stereocenters. The highest BCUT2D eigenvalue weighted by atomic mass is 16.1. The summed E-state index contributed by atoms with van der Waals surface area (Å²) >= 11 is 0. The molecular weight excluding hydrogens is 236 g/mol. The number of nitrogens with one attached hydrogen (secondary N) is 1. The Morgan fingerprint density at radius 2 is 1.95 bits per heavy atom. The molecule has 3 N–H and O–H groups in total. The monoisotopic (exact) mass is 260 g/mol. The van der Waals surface area contributed by atoms with Crippen molar-refractivity contribution in [3.63, 3.8) is 0 Å². The van der Waals surface area contributed by atoms with Crippen LogP contribution in [0.4, 0.5) is 0 Å². The van der Waals surface area contributed by atoms with Gasteiger partial charge in [0, 0.05) is 18.5 Å². The lowest BCUT2D eigenvalue weighted by molar-refractivity contribution is -0.122. The van der Waals surface area contributed by atoms with E-state index in [0.29, 0.717) is 6.42 Å². The van der Waals surface area contributed by atoms with Gasteiger partial charge in [-0.25, -0.2) is 0 Å². The average Bonchev–Trinajstić information content (AvgIpc) is 2.41. The van der Waals surface area contributed by atoms with Crippen LogP contribution in [0.2, 0.25) is 0 Å². The van der Waals surface area contributed by atoms with E-state index in [2.05, 4.69) is 36.5 Å². The van der Waals surface area contributed by atoms with Crippen molar-refractivity contribution in [3.05, 3.63) is 35.4 Å². The third-order valence-corrected chi connectivity index (χ3v) is 3.93. The second-order valence-corrected chi connectivity index (χ2v) is 5.61. The summed E-state index contributed by atoms with van der Waals surface area (Å²) in [7, 11) is 0. The molecule has 3 heteroatoms. The fraction of sp³-hybridized carbons (Fsp3) is 0.562. The Hall–Kier alpha value is -1.35. The molecule has 104 valence electrons. The van der Waals surface area contributed by atoms with E-state index < -0.39 is 0 Å². The Morgan fingerprint density at radius 3 is 2.63 bits per heavy atom. The van der Waals surface area contributed by atoms with Gasteiger partial charge >= 0.3 is 0 Å². The van der Waals surface area contributed by atoms with Gasteiger partial charge in [-0.3, -0.25) is 4.79 Å². The van der Waals surface area contributed by atoms with Gasteiger partial charge in [0.05, 0.1) is 0 Å². The number of carbonyl (C=O) groups is 1. The van der Waals surface area contributed by atoms with Crippen molar-refractivity contribution in [1.82, 2.24) is 5.32 Å². The standard InChI is InChI=1S/C16H24N2O/c1-12-6-8-13(9-7-12)10-11-16(19)18-15-5-3-2-4-14(15)17/h6-9,14-15H,2-5,10-11,17H2,1H3,(H,18,19)/t14-,15-/m1/s1. The van der Waals surface area contributed by atoms with Crippen molar-refractivity contribution < 1.29 is 4.79 Å². The smallest absolute Gasteiger partial charge is 0.220 e. The molecule has 1 fully saturated rings. The molecule has 1 saturated carbocycles. The van der Waals surface area contributed by atoms with Gasteiger partial charge in [0.15, 0.2) is 0 Å². The van der Waals surface area contributed by atoms with E-state index in [1.165, 1.54) is 24.0 Å². The van der Waals surface area contributed by atoms with Crippen LogP contribution in [-0.4, -0.2) is 18.0 Å². The minimum Gasteiger partial charge on any atom is -0.352 e. The normalized spacial score (nSPS) is 23.1. The second kappa shape index (κ2) is 6.71. The Bertz CT molecular complexity index is 413. The van der Waals surface area contributed by atoms with E-state index in [9.17, 15) is 4.79 Å². The first-order valence-electron chi connectivity index (χ1n) is 7.25. The molecule has 0 heterocycles. The highest BCUT2D eigenvalue weighted by Crippen LogP contribution is 2.17. The van der Waals surface area contributed by atoms with E-state index in [1.54, 1.807) is 0 Å². The van der Waals surface area contributed by atoms with Gasteiger partial charge in [-0.1, -0.05) is 42.7 Å². The minimum absolute atomic E-state index is 0.128. The predicted molar refractivity (Wildman–Crippen MR) is 77.9 cm³/mol. The minimum atomic E-state index is 0.128. The summed E-state index contributed by atoms with van der Waals surface area (Å²) in [5.41, 5.74) is 8.50. The molecule has 1 aliphatic carbocycles. The third-order valence-electron chi connectivity index (χ3n) is 3.93. The summed E-state index contributed by atoms with van der Waals surface area (Å²) in [5.74, 6) is 0.128. The largest absolute Gasteiger partial charge is 0.352 e. The van der Waals surface area contributed by atoms with Crippen molar-refractivity contribution in [1.29, 1.82) is 0 Å². The summed E-state index contributed by atoms with van der Waals surface area (Å²) in [4.78, 5) is 11.9. The van der Waals surface area contributed by atoms with E-state index in [-0.39, 0.29) is 18.0 Å². The number of nitrogens with two attached hydrogens (primary N) is 1. The molecular formula is C16H24N2O. The topological polar surface area (TPSA) is 55.1 Å². The van der Waals surface area contributed by atoms with Gasteiger partial charge in [0.25, 0.3) is 0 Å². The van der Waals surface area contributed by atoms with Crippen molar-refractivity contribution in [2.45, 2.75) is 57.5 Å². The zero-order chi connectivity index (χ0) is 13.7. The number of carbonyl (C=O) groups excluding carboxylic acids is 1. The Morgan fingerprint density at radius 1 is 1.26 bits per heavy atom. The van der Waals surface area contributed by atoms with Crippen LogP contribution in [0.1, 0.15) is 43.2 Å². The van der Waals surface area contributed by atoms with E-state index in [4.69, 9.17) is 5.73 Å². The number of aryl methyl sites for hydroxylation is 2. The summed E-state index contributed by atoms with van der Waals surface area (Å²) in [6.07, 6.45) is 5.77. The molecule has 1 aromatic rings. The quantitative estimate of drug-likeness (QED) is 0.873. The van der Waals surface area contributed by atoms with E-state index >= 15 is 0 Å². The molecule has 1 aliphatic rings. The molecule has 0 unspecified atom stereocenters. The summed E-state index contributed by atoms with van der Waals surface area (Å²) < 4.78 is 0. The second-order valence-electron chi connectivity index (χ2n) is 5.61. The first-order valence-corrected chi connectivity index (χ1v) is 7.25. The molecule has 3 nitrogen and oxygen atoms in total. The van der Waals surface area contributed by atoms with Crippen LogP contribution in [0.15, 0.2) is 24.3 Å². The molecule has 0 spiro atoms. The first-order chi connectivity index (χ1) is 9.15. The number of amides is 1. The van der Waals surface area contributed by atoms with Gasteiger partial charge in [-0.2, -0.15) is 0 Å². The highest BCUT2D eigenvalue weighted by Gasteiger charge is 2.22. The fourth-order valence-corrected chi connectivity index (χ4v) is 2.63. The molecule has 1 aromatic carbocycles. The van der Waals surface area contributed by atoms with E-state index in [1.807, 2.05) is 0 Å². The van der Waals surface area contributed by atoms with Crippen LogP contribution in [0.25, 0.3) is 0 Å². The van der Waals surface area contributed by atoms with Crippen molar-refractivity contribution >= 4 is 5.91 Å². The Kier molecular flexibility index (Phi) is 4.97. The van der Waals surface area contributed by atoms with Crippen LogP contribution < -0.4 is 11.1 Å². The molecule has 0 aromatic heterocycles. The van der Waals surface area contributed by atoms with Gasteiger partial charge in [0.1, 0.15) is 0 Å². The maximum atomic E-state index is 11.9. The number of rotatable bonds is 4. The Balaban J connectivity index is 1.76. The number of hydrogen-bond donors (Lipinski definition) is 2. The average molecular weight is 260 g/mol. The highest BCUT2D eigenvalue weighted by molar-refractivity contribution is 5.76. The molecule has 0 bridgehead atoms. The van der Waals surface area contributed by atoms with Crippen LogP contribution in [-0.2, 0) is 11.2 Å². The van der Waals surface area contributed by atoms with Gasteiger partial charge in [-0.15, -0.1) is 0 Å². The van der Waals surface area contributed by atoms with Gasteiger partial charge in [-0.05, 0) is 31.7 Å². The fourth-order valence-electron chi connectivity index (χ4n) is 2.63. The number of benzene rings is 1. The molecule has 1 amide bonds. The third kappa shape index (κ3) is 4.35. The lowest BCUT2D eigenvalue weighted by Crippen LogP contribution is -2.49. The van der Waals surface area contributed by atoms with Crippen LogP contribution in [0.3, 0.4) is 0 Å². The lowest BCUT2D eigenvalue weighted by atomic mass is 9.91.